The number of hydrogen-bond acceptors (Lipinski definition) is 4. The predicted octanol–water partition coefficient (Wildman–Crippen LogP) is 4.21. The van der Waals surface area contributed by atoms with Crippen molar-refractivity contribution in [3.05, 3.63) is 77.9 Å². The summed E-state index contributed by atoms with van der Waals surface area (Å²) >= 11 is 0. The van der Waals surface area contributed by atoms with E-state index in [1.165, 1.54) is 0 Å². The van der Waals surface area contributed by atoms with E-state index in [9.17, 15) is 4.79 Å². The van der Waals surface area contributed by atoms with Crippen LogP contribution in [-0.4, -0.2) is 18.7 Å². The quantitative estimate of drug-likeness (QED) is 0.747. The molecule has 1 amide bonds. The van der Waals surface area contributed by atoms with Crippen molar-refractivity contribution in [2.75, 3.05) is 12.1 Å². The van der Waals surface area contributed by atoms with Gasteiger partial charge >= 0.3 is 0 Å². The second-order valence-electron chi connectivity index (χ2n) is 6.81. The van der Waals surface area contributed by atoms with E-state index in [0.29, 0.717) is 12.1 Å². The zero-order valence-electron chi connectivity index (χ0n) is 15.8. The Hall–Kier alpha value is -3.60. The van der Waals surface area contributed by atoms with Crippen molar-refractivity contribution in [1.29, 1.82) is 0 Å². The van der Waals surface area contributed by atoms with Crippen LogP contribution in [0.4, 0.5) is 11.4 Å². The average molecular weight is 371 g/mol. The summed E-state index contributed by atoms with van der Waals surface area (Å²) in [5.41, 5.74) is 12.0. The number of primary amides is 1. The molecule has 0 unspecified atom stereocenters. The molecule has 3 aromatic carbocycles. The van der Waals surface area contributed by atoms with Crippen molar-refractivity contribution < 1.29 is 9.53 Å². The van der Waals surface area contributed by atoms with Crippen LogP contribution in [0.1, 0.15) is 11.1 Å². The fraction of sp³-hybridized carbons (Fsp3) is 0.130. The minimum absolute atomic E-state index is 0.349. The van der Waals surface area contributed by atoms with Crippen molar-refractivity contribution in [3.63, 3.8) is 0 Å². The zero-order valence-corrected chi connectivity index (χ0v) is 15.8. The first kappa shape index (κ1) is 17.8. The lowest BCUT2D eigenvalue weighted by Crippen LogP contribution is -2.31. The highest BCUT2D eigenvalue weighted by Gasteiger charge is 2.24. The lowest BCUT2D eigenvalue weighted by atomic mass is 9.97. The van der Waals surface area contributed by atoms with E-state index < -0.39 is 5.91 Å². The van der Waals surface area contributed by atoms with Crippen molar-refractivity contribution in [3.8, 4) is 16.9 Å². The van der Waals surface area contributed by atoms with E-state index in [1.807, 2.05) is 67.6 Å². The molecule has 1 heterocycles. The molecule has 5 nitrogen and oxygen atoms in total. The summed E-state index contributed by atoms with van der Waals surface area (Å²) in [7, 11) is 1.66. The van der Waals surface area contributed by atoms with Crippen LogP contribution in [0.2, 0.25) is 0 Å². The highest BCUT2D eigenvalue weighted by Crippen LogP contribution is 2.36. The summed E-state index contributed by atoms with van der Waals surface area (Å²) in [4.78, 5) is 11.8. The molecule has 4 rings (SSSR count). The Bertz CT molecular complexity index is 1070. The van der Waals surface area contributed by atoms with Crippen LogP contribution in [-0.2, 0) is 11.2 Å². The van der Waals surface area contributed by atoms with Gasteiger partial charge in [0.2, 0.25) is 0 Å². The van der Waals surface area contributed by atoms with Crippen molar-refractivity contribution in [1.82, 2.24) is 0 Å². The highest BCUT2D eigenvalue weighted by molar-refractivity contribution is 6.39. The summed E-state index contributed by atoms with van der Waals surface area (Å²) in [5.74, 6) is 0.305. The molecule has 0 saturated carbocycles. The second kappa shape index (κ2) is 7.19. The number of methoxy groups -OCH3 is 1. The molecule has 5 heteroatoms. The monoisotopic (exact) mass is 371 g/mol. The number of anilines is 2. The molecule has 0 aliphatic carbocycles. The minimum atomic E-state index is -0.500. The fourth-order valence-electron chi connectivity index (χ4n) is 3.30. The smallest absolute Gasteiger partial charge is 0.265 e. The Morgan fingerprint density at radius 2 is 1.79 bits per heavy atom. The van der Waals surface area contributed by atoms with Gasteiger partial charge in [-0.15, -0.1) is 0 Å². The van der Waals surface area contributed by atoms with E-state index in [-0.39, 0.29) is 0 Å². The highest BCUT2D eigenvalue weighted by atomic mass is 16.5. The Kier molecular flexibility index (Phi) is 4.57. The summed E-state index contributed by atoms with van der Waals surface area (Å²) in [6.45, 7) is 2.03. The van der Waals surface area contributed by atoms with Gasteiger partial charge in [0.15, 0.2) is 0 Å². The van der Waals surface area contributed by atoms with Gasteiger partial charge in [-0.3, -0.25) is 4.79 Å². The van der Waals surface area contributed by atoms with Crippen LogP contribution in [0.15, 0.2) is 71.8 Å². The van der Waals surface area contributed by atoms with Crippen LogP contribution in [0, 0.1) is 6.92 Å². The number of carbonyl (C=O) groups excluding carboxylic acids is 1. The standard InChI is InChI=1S/C23H21N3O2/c1-15-6-10-19(11-7-15)26-22-14-17(16-4-3-5-20(12-16)28-2)8-9-18(22)13-21(25-26)23(24)27/h3-12,14H,13H2,1-2H3,(H2,24,27). The Labute approximate surface area is 164 Å². The number of ether oxygens (including phenoxy) is 1. The number of rotatable bonds is 4. The minimum Gasteiger partial charge on any atom is -0.497 e. The largest absolute Gasteiger partial charge is 0.497 e. The van der Waals surface area contributed by atoms with Gasteiger partial charge in [-0.25, -0.2) is 5.01 Å². The van der Waals surface area contributed by atoms with Gasteiger partial charge in [0.25, 0.3) is 5.91 Å². The molecular weight excluding hydrogens is 350 g/mol. The summed E-state index contributed by atoms with van der Waals surface area (Å²) in [6.07, 6.45) is 0.422. The Balaban J connectivity index is 1.83. The van der Waals surface area contributed by atoms with Gasteiger partial charge in [-0.2, -0.15) is 5.10 Å². The summed E-state index contributed by atoms with van der Waals surface area (Å²) in [5, 5.41) is 6.34. The summed E-state index contributed by atoms with van der Waals surface area (Å²) in [6, 6.07) is 22.1. The van der Waals surface area contributed by atoms with E-state index in [2.05, 4.69) is 11.2 Å². The van der Waals surface area contributed by atoms with Crippen molar-refractivity contribution in [2.45, 2.75) is 13.3 Å². The number of hydrogen-bond donors (Lipinski definition) is 1. The Morgan fingerprint density at radius 3 is 2.50 bits per heavy atom. The third kappa shape index (κ3) is 3.34. The number of nitrogens with zero attached hydrogens (tertiary/aromatic N) is 2. The maximum Gasteiger partial charge on any atom is 0.265 e. The van der Waals surface area contributed by atoms with Crippen LogP contribution in [0.5, 0.6) is 5.75 Å². The SMILES string of the molecule is COc1cccc(-c2ccc3c(c2)N(c2ccc(C)cc2)N=C(C(N)=O)C3)c1. The van der Waals surface area contributed by atoms with Crippen LogP contribution in [0.25, 0.3) is 11.1 Å². The fourth-order valence-corrected chi connectivity index (χ4v) is 3.30. The normalized spacial score (nSPS) is 12.9. The first-order valence-electron chi connectivity index (χ1n) is 9.06. The van der Waals surface area contributed by atoms with Gasteiger partial charge in [0.1, 0.15) is 11.5 Å². The molecule has 0 spiro atoms. The Morgan fingerprint density at radius 1 is 1.04 bits per heavy atom. The maximum absolute atomic E-state index is 11.8. The molecule has 0 saturated heterocycles. The first-order chi connectivity index (χ1) is 13.5. The summed E-state index contributed by atoms with van der Waals surface area (Å²) < 4.78 is 5.35. The molecule has 0 bridgehead atoms. The van der Waals surface area contributed by atoms with E-state index >= 15 is 0 Å². The van der Waals surface area contributed by atoms with Gasteiger partial charge in [-0.05, 0) is 53.9 Å². The zero-order chi connectivity index (χ0) is 19.7. The number of aryl methyl sites for hydroxylation is 1. The molecule has 0 radical (unpaired) electrons. The molecule has 1 aliphatic rings. The second-order valence-corrected chi connectivity index (χ2v) is 6.81. The molecule has 140 valence electrons. The molecule has 2 N–H and O–H groups in total. The molecule has 1 aliphatic heterocycles. The topological polar surface area (TPSA) is 67.9 Å². The van der Waals surface area contributed by atoms with Gasteiger partial charge in [0, 0.05) is 6.42 Å². The van der Waals surface area contributed by atoms with Crippen molar-refractivity contribution >= 4 is 23.0 Å². The molecular formula is C23H21N3O2. The van der Waals surface area contributed by atoms with Crippen LogP contribution >= 0.6 is 0 Å². The molecule has 0 atom stereocenters. The molecule has 0 aromatic heterocycles. The number of nitrogens with two attached hydrogens (primary N) is 1. The van der Waals surface area contributed by atoms with Gasteiger partial charge in [0.05, 0.1) is 18.5 Å². The first-order valence-corrected chi connectivity index (χ1v) is 9.06. The van der Waals surface area contributed by atoms with E-state index in [4.69, 9.17) is 10.5 Å². The number of fused-ring (bicyclic) bond motifs is 1. The van der Waals surface area contributed by atoms with Gasteiger partial charge in [-0.1, -0.05) is 42.0 Å². The maximum atomic E-state index is 11.8. The van der Waals surface area contributed by atoms with E-state index in [1.54, 1.807) is 12.1 Å². The number of benzene rings is 3. The average Bonchev–Trinajstić information content (AvgIpc) is 2.73. The van der Waals surface area contributed by atoms with Gasteiger partial charge < -0.3 is 10.5 Å². The lowest BCUT2D eigenvalue weighted by Gasteiger charge is -2.28. The number of hydrazone groups is 1. The third-order valence-corrected chi connectivity index (χ3v) is 4.86. The van der Waals surface area contributed by atoms with Crippen LogP contribution in [0.3, 0.4) is 0 Å². The number of carbonyl (C=O) groups is 1. The lowest BCUT2D eigenvalue weighted by molar-refractivity contribution is -0.112. The molecule has 3 aromatic rings. The predicted molar refractivity (Wildman–Crippen MR) is 112 cm³/mol. The van der Waals surface area contributed by atoms with Crippen LogP contribution < -0.4 is 15.5 Å². The van der Waals surface area contributed by atoms with Crippen molar-refractivity contribution in [2.24, 2.45) is 10.8 Å². The molecule has 28 heavy (non-hydrogen) atoms. The third-order valence-electron chi connectivity index (χ3n) is 4.86. The number of amides is 1. The molecule has 0 fully saturated rings. The van der Waals surface area contributed by atoms with E-state index in [0.717, 1.165) is 39.4 Å².